The molecule has 0 heterocycles. The van der Waals surface area contributed by atoms with Gasteiger partial charge in [0.15, 0.2) is 0 Å². The van der Waals surface area contributed by atoms with Crippen molar-refractivity contribution in [2.45, 2.75) is 5.40 Å². The van der Waals surface area contributed by atoms with Gasteiger partial charge in [0.05, 0.1) is 6.61 Å². The minimum absolute atomic E-state index is 0. The van der Waals surface area contributed by atoms with Gasteiger partial charge < -0.3 is 33.8 Å². The van der Waals surface area contributed by atoms with Gasteiger partial charge >= 0.3 is 59.1 Å². The smallest absolute Gasteiger partial charge is 0.778 e. The Morgan fingerprint density at radius 3 is 1.31 bits per heavy atom. The Morgan fingerprint density at radius 1 is 1.08 bits per heavy atom. The molecule has 11 heteroatoms. The molecule has 0 aliphatic rings. The maximum atomic E-state index is 10.1. The second-order valence-corrected chi connectivity index (χ2v) is 5.70. The van der Waals surface area contributed by atoms with Crippen LogP contribution in [0.15, 0.2) is 0 Å². The van der Waals surface area contributed by atoms with Crippen molar-refractivity contribution in [2.24, 2.45) is 0 Å². The van der Waals surface area contributed by atoms with Gasteiger partial charge in [-0.05, 0) is 0 Å². The summed E-state index contributed by atoms with van der Waals surface area (Å²) < 4.78 is 20.2. The second kappa shape index (κ2) is 7.52. The van der Waals surface area contributed by atoms with Crippen LogP contribution in [0.1, 0.15) is 0 Å². The molecule has 0 radical (unpaired) electrons. The summed E-state index contributed by atoms with van der Waals surface area (Å²) in [6, 6.07) is 0. The fraction of sp³-hybridized carbons (Fsp3) is 1.00. The molecule has 2 unspecified atom stereocenters. The van der Waals surface area contributed by atoms with Crippen molar-refractivity contribution in [1.82, 2.24) is 0 Å². The predicted octanol–water partition coefficient (Wildman–Crippen LogP) is -8.60. The van der Waals surface area contributed by atoms with E-state index >= 15 is 0 Å². The third kappa shape index (κ3) is 8.11. The zero-order valence-corrected chi connectivity index (χ0v) is 12.9. The van der Waals surface area contributed by atoms with Crippen LogP contribution in [0, 0.1) is 0 Å². The molecule has 0 rings (SSSR count). The molecule has 0 spiro atoms. The summed E-state index contributed by atoms with van der Waals surface area (Å²) in [5, 5.41) is 5.61. The second-order valence-electron chi connectivity index (χ2n) is 1.79. The van der Waals surface area contributed by atoms with E-state index in [2.05, 4.69) is 0 Å². The first-order valence-corrected chi connectivity index (χ1v) is 5.66. The first-order valence-electron chi connectivity index (χ1n) is 2.37. The van der Waals surface area contributed by atoms with Crippen LogP contribution < -0.4 is 68.9 Å². The van der Waals surface area contributed by atoms with Crippen molar-refractivity contribution < 1.29 is 92.9 Å². The van der Waals surface area contributed by atoms with Gasteiger partial charge in [-0.1, -0.05) is 0 Å². The topological polar surface area (TPSA) is 141 Å². The van der Waals surface area contributed by atoms with E-state index in [0.29, 0.717) is 0 Å². The van der Waals surface area contributed by atoms with E-state index < -0.39 is 27.2 Å². The third-order valence-corrected chi connectivity index (χ3v) is 4.50. The zero-order chi connectivity index (χ0) is 9.28. The van der Waals surface area contributed by atoms with Crippen molar-refractivity contribution in [2.75, 3.05) is 6.61 Å². The van der Waals surface area contributed by atoms with Gasteiger partial charge in [0.25, 0.3) is 0 Å². The molecule has 13 heavy (non-hydrogen) atoms. The van der Waals surface area contributed by atoms with Crippen LogP contribution in [-0.4, -0.2) is 26.9 Å². The maximum Gasteiger partial charge on any atom is 1.00 e. The summed E-state index contributed by atoms with van der Waals surface area (Å²) in [6.07, 6.45) is 0. The van der Waals surface area contributed by atoms with Crippen LogP contribution in [0.2, 0.25) is 0 Å². The normalized spacial score (nSPS) is 21.3. The number of hydrogen-bond acceptors (Lipinski definition) is 5. The molecule has 68 valence electrons. The predicted molar refractivity (Wildman–Crippen MR) is 30.5 cm³/mol. The van der Waals surface area contributed by atoms with Crippen molar-refractivity contribution in [3.63, 3.8) is 0 Å². The summed E-state index contributed by atoms with van der Waals surface area (Å²) in [4.78, 5) is 36.4. The van der Waals surface area contributed by atoms with Gasteiger partial charge in [-0.3, -0.25) is 0 Å². The Kier molecular flexibility index (Phi) is 11.9. The molecule has 0 fully saturated rings. The van der Waals surface area contributed by atoms with Gasteiger partial charge in [-0.2, -0.15) is 0 Å². The van der Waals surface area contributed by atoms with Crippen LogP contribution >= 0.6 is 15.2 Å². The first-order chi connectivity index (χ1) is 4.69. The number of rotatable bonds is 3. The quantitative estimate of drug-likeness (QED) is 0.333. The van der Waals surface area contributed by atoms with E-state index in [0.717, 1.165) is 0 Å². The molecule has 0 saturated heterocycles. The fourth-order valence-corrected chi connectivity index (χ4v) is 2.28. The molecule has 0 aliphatic heterocycles. The average molecular weight is 250 g/mol. The Hall–Kier alpha value is 2.26. The summed E-state index contributed by atoms with van der Waals surface area (Å²) in [7, 11) is -10.4. The van der Waals surface area contributed by atoms with Crippen LogP contribution in [0.3, 0.4) is 0 Å². The molecular weight excluding hydrogens is 244 g/mol. The molecule has 7 nitrogen and oxygen atoms in total. The molecule has 0 bridgehead atoms. The largest absolute Gasteiger partial charge is 1.00 e. The summed E-state index contributed by atoms with van der Waals surface area (Å²) in [5.74, 6) is 0. The van der Waals surface area contributed by atoms with E-state index in [1.807, 2.05) is 0 Å². The Balaban J connectivity index is -0.000000500. The fourth-order valence-electron chi connectivity index (χ4n) is 0.391. The van der Waals surface area contributed by atoms with Crippen molar-refractivity contribution in [3.8, 4) is 0 Å². The third-order valence-electron chi connectivity index (χ3n) is 0.917. The molecule has 0 aromatic carbocycles. The van der Waals surface area contributed by atoms with Crippen LogP contribution in [0.25, 0.3) is 0 Å². The molecule has 0 aromatic heterocycles. The molecule has 0 aromatic rings. The first kappa shape index (κ1) is 20.6. The molecule has 3 N–H and O–H groups in total. The Labute approximate surface area is 119 Å². The zero-order valence-electron chi connectivity index (χ0n) is 7.15. The Bertz CT molecular complexity index is 197. The Morgan fingerprint density at radius 2 is 1.31 bits per heavy atom. The number of aliphatic hydroxyl groups excluding tert-OH is 1. The van der Waals surface area contributed by atoms with Gasteiger partial charge in [0.1, 0.15) is 20.6 Å². The van der Waals surface area contributed by atoms with Crippen LogP contribution in [0.5, 0.6) is 0 Å². The minimum atomic E-state index is -5.22. The van der Waals surface area contributed by atoms with Gasteiger partial charge in [0.2, 0.25) is 0 Å². The van der Waals surface area contributed by atoms with E-state index in [1.54, 1.807) is 0 Å². The average Bonchev–Trinajstić information content (AvgIpc) is 1.56. The maximum absolute atomic E-state index is 10.1. The molecule has 2 atom stereocenters. The van der Waals surface area contributed by atoms with Crippen molar-refractivity contribution in [1.29, 1.82) is 0 Å². The minimum Gasteiger partial charge on any atom is -0.778 e. The monoisotopic (exact) mass is 250 g/mol. The van der Waals surface area contributed by atoms with Crippen LogP contribution in [-0.2, 0) is 9.13 Å². The van der Waals surface area contributed by atoms with Crippen molar-refractivity contribution >= 4 is 15.2 Å². The van der Waals surface area contributed by atoms with Gasteiger partial charge in [0, 0.05) is 0 Å². The van der Waals surface area contributed by atoms with Gasteiger partial charge in [-0.15, -0.1) is 0 Å². The summed E-state index contributed by atoms with van der Waals surface area (Å²) >= 11 is 0. The standard InChI is InChI=1S/C2H8O7P2.2Na/c3-1-2(10(4,5)6)11(7,8)9;;/h2-3H,1H2,(H2,4,5,6)(H2,7,8,9);;/q;2*+1/p-2. The number of hydrogen-bond donors (Lipinski definition) is 3. The van der Waals surface area contributed by atoms with Gasteiger partial charge in [-0.25, -0.2) is 0 Å². The van der Waals surface area contributed by atoms with Crippen molar-refractivity contribution in [3.05, 3.63) is 0 Å². The van der Waals surface area contributed by atoms with E-state index in [9.17, 15) is 18.9 Å². The van der Waals surface area contributed by atoms with E-state index in [4.69, 9.17) is 14.9 Å². The summed E-state index contributed by atoms with van der Waals surface area (Å²) in [5.41, 5.74) is 0. The van der Waals surface area contributed by atoms with E-state index in [-0.39, 0.29) is 59.1 Å². The molecular formula is C2H6Na2O7P2. The summed E-state index contributed by atoms with van der Waals surface area (Å²) in [6.45, 7) is -1.37. The SMILES string of the molecule is O=P([O-])(O)C(CO)P(=O)([O-])O.[Na+].[Na+]. The van der Waals surface area contributed by atoms with Crippen LogP contribution in [0.4, 0.5) is 0 Å². The molecule has 0 aliphatic carbocycles. The molecule has 0 amide bonds. The number of aliphatic hydroxyl groups is 1. The molecule has 0 saturated carbocycles. The van der Waals surface area contributed by atoms with E-state index in [1.165, 1.54) is 0 Å².